The lowest BCUT2D eigenvalue weighted by Gasteiger charge is -2.25. The Labute approximate surface area is 124 Å². The number of carbonyl (C=O) groups excluding carboxylic acids is 1. The highest BCUT2D eigenvalue weighted by atomic mass is 32.1. The number of hydrogen-bond acceptors (Lipinski definition) is 3. The van der Waals surface area contributed by atoms with Gasteiger partial charge in [0.05, 0.1) is 6.04 Å². The highest BCUT2D eigenvalue weighted by Gasteiger charge is 2.35. The number of aromatic nitrogens is 1. The minimum absolute atomic E-state index is 0.0137. The van der Waals surface area contributed by atoms with Gasteiger partial charge in [0, 0.05) is 24.2 Å². The van der Waals surface area contributed by atoms with E-state index in [9.17, 15) is 4.79 Å². The molecule has 1 heterocycles. The minimum atomic E-state index is -0.0137. The lowest BCUT2D eigenvalue weighted by atomic mass is 10.2. The van der Waals surface area contributed by atoms with E-state index < -0.39 is 0 Å². The number of nitrogens with one attached hydrogen (secondary N) is 1. The van der Waals surface area contributed by atoms with Crippen molar-refractivity contribution in [2.45, 2.75) is 39.7 Å². The number of amides is 2. The zero-order valence-electron chi connectivity index (χ0n) is 12.5. The predicted octanol–water partition coefficient (Wildman–Crippen LogP) is 3.51. The van der Waals surface area contributed by atoms with Crippen LogP contribution in [-0.4, -0.2) is 29.0 Å². The van der Waals surface area contributed by atoms with Crippen molar-refractivity contribution in [1.82, 2.24) is 15.2 Å². The number of likely N-dealkylation sites (N-methyl/N-ethyl adjacent to an activating group) is 1. The van der Waals surface area contributed by atoms with Crippen LogP contribution in [-0.2, 0) is 0 Å². The third-order valence-corrected chi connectivity index (χ3v) is 4.40. The maximum atomic E-state index is 12.4. The van der Waals surface area contributed by atoms with Crippen molar-refractivity contribution in [3.8, 4) is 0 Å². The molecule has 1 fully saturated rings. The predicted molar refractivity (Wildman–Crippen MR) is 82.9 cm³/mol. The number of aryl methyl sites for hydroxylation is 1. The number of thiazole rings is 1. The fourth-order valence-corrected chi connectivity index (χ4v) is 3.12. The Morgan fingerprint density at radius 2 is 2.35 bits per heavy atom. The topological polar surface area (TPSA) is 45.2 Å². The van der Waals surface area contributed by atoms with Gasteiger partial charge in [-0.3, -0.25) is 0 Å². The first-order chi connectivity index (χ1) is 9.51. The van der Waals surface area contributed by atoms with Gasteiger partial charge in [0.2, 0.25) is 0 Å². The Hall–Kier alpha value is -1.36. The fraction of sp³-hybridized carbons (Fsp3) is 0.600. The zero-order chi connectivity index (χ0) is 14.7. The van der Waals surface area contributed by atoms with Crippen LogP contribution < -0.4 is 5.32 Å². The first kappa shape index (κ1) is 15.0. The van der Waals surface area contributed by atoms with Gasteiger partial charge in [-0.05, 0) is 39.5 Å². The molecule has 110 valence electrons. The van der Waals surface area contributed by atoms with E-state index in [1.54, 1.807) is 16.2 Å². The van der Waals surface area contributed by atoms with Crippen molar-refractivity contribution < 1.29 is 4.79 Å². The average Bonchev–Trinajstić information content (AvgIpc) is 3.14. The average molecular weight is 293 g/mol. The largest absolute Gasteiger partial charge is 0.328 e. The zero-order valence-corrected chi connectivity index (χ0v) is 13.3. The Morgan fingerprint density at radius 3 is 2.80 bits per heavy atom. The molecule has 1 unspecified atom stereocenters. The molecule has 1 atom stereocenters. The van der Waals surface area contributed by atoms with E-state index in [0.29, 0.717) is 19.0 Å². The van der Waals surface area contributed by atoms with E-state index in [1.165, 1.54) is 17.7 Å². The molecule has 2 rings (SSSR count). The molecular weight excluding hydrogens is 270 g/mol. The molecule has 1 N–H and O–H groups in total. The smallest absolute Gasteiger partial charge is 0.318 e. The first-order valence-electron chi connectivity index (χ1n) is 7.13. The van der Waals surface area contributed by atoms with Gasteiger partial charge in [0.15, 0.2) is 0 Å². The van der Waals surface area contributed by atoms with Crippen molar-refractivity contribution in [1.29, 1.82) is 0 Å². The Bertz CT molecular complexity index is 493. The molecule has 0 radical (unpaired) electrons. The van der Waals surface area contributed by atoms with Crippen LogP contribution in [0.4, 0.5) is 4.79 Å². The molecule has 20 heavy (non-hydrogen) atoms. The van der Waals surface area contributed by atoms with Crippen LogP contribution in [0.5, 0.6) is 0 Å². The molecule has 1 aliphatic carbocycles. The second-order valence-electron chi connectivity index (χ2n) is 5.55. The SMILES string of the molecule is C=C(C)CN(CC)C(=O)NC(c1ncc(C)s1)C1CC1. The molecule has 1 saturated carbocycles. The van der Waals surface area contributed by atoms with E-state index in [1.807, 2.05) is 27.0 Å². The van der Waals surface area contributed by atoms with Crippen LogP contribution in [0.2, 0.25) is 0 Å². The maximum absolute atomic E-state index is 12.4. The number of carbonyl (C=O) groups is 1. The van der Waals surface area contributed by atoms with Gasteiger partial charge in [-0.15, -0.1) is 11.3 Å². The van der Waals surface area contributed by atoms with Gasteiger partial charge < -0.3 is 10.2 Å². The molecule has 0 bridgehead atoms. The molecule has 0 saturated heterocycles. The summed E-state index contributed by atoms with van der Waals surface area (Å²) in [6.07, 6.45) is 4.24. The van der Waals surface area contributed by atoms with Crippen LogP contribution in [0.3, 0.4) is 0 Å². The normalized spacial score (nSPS) is 15.8. The van der Waals surface area contributed by atoms with Crippen LogP contribution in [0.25, 0.3) is 0 Å². The number of rotatable bonds is 6. The highest BCUT2D eigenvalue weighted by molar-refractivity contribution is 7.11. The molecule has 2 amide bonds. The van der Waals surface area contributed by atoms with Crippen molar-refractivity contribution >= 4 is 17.4 Å². The molecule has 1 aromatic rings. The second-order valence-corrected chi connectivity index (χ2v) is 6.81. The molecule has 1 aliphatic rings. The molecule has 0 aromatic carbocycles. The summed E-state index contributed by atoms with van der Waals surface area (Å²) in [6.45, 7) is 11.2. The summed E-state index contributed by atoms with van der Waals surface area (Å²) in [5.41, 5.74) is 0.995. The minimum Gasteiger partial charge on any atom is -0.328 e. The van der Waals surface area contributed by atoms with E-state index in [2.05, 4.69) is 16.9 Å². The van der Waals surface area contributed by atoms with Gasteiger partial charge in [0.1, 0.15) is 5.01 Å². The lowest BCUT2D eigenvalue weighted by molar-refractivity contribution is 0.199. The third kappa shape index (κ3) is 3.82. The summed E-state index contributed by atoms with van der Waals surface area (Å²) in [4.78, 5) is 19.8. The number of urea groups is 1. The molecule has 0 spiro atoms. The monoisotopic (exact) mass is 293 g/mol. The summed E-state index contributed by atoms with van der Waals surface area (Å²) >= 11 is 1.68. The van der Waals surface area contributed by atoms with Crippen molar-refractivity contribution in [2.24, 2.45) is 5.92 Å². The van der Waals surface area contributed by atoms with Gasteiger partial charge >= 0.3 is 6.03 Å². The third-order valence-electron chi connectivity index (χ3n) is 3.41. The molecule has 4 nitrogen and oxygen atoms in total. The number of nitrogens with zero attached hydrogens (tertiary/aromatic N) is 2. The summed E-state index contributed by atoms with van der Waals surface area (Å²) in [5, 5.41) is 4.19. The van der Waals surface area contributed by atoms with Crippen LogP contribution in [0.1, 0.15) is 42.6 Å². The van der Waals surface area contributed by atoms with Crippen LogP contribution >= 0.6 is 11.3 Å². The van der Waals surface area contributed by atoms with E-state index in [-0.39, 0.29) is 12.1 Å². The quantitative estimate of drug-likeness (QED) is 0.816. The van der Waals surface area contributed by atoms with Gasteiger partial charge in [-0.2, -0.15) is 0 Å². The molecule has 0 aliphatic heterocycles. The molecule has 5 heteroatoms. The molecular formula is C15H23N3OS. The van der Waals surface area contributed by atoms with E-state index in [0.717, 1.165) is 10.6 Å². The Kier molecular flexibility index (Phi) is 4.81. The Morgan fingerprint density at radius 1 is 1.65 bits per heavy atom. The summed E-state index contributed by atoms with van der Waals surface area (Å²) < 4.78 is 0. The molecule has 1 aromatic heterocycles. The van der Waals surface area contributed by atoms with Gasteiger partial charge in [-0.1, -0.05) is 12.2 Å². The van der Waals surface area contributed by atoms with Crippen LogP contribution in [0, 0.1) is 12.8 Å². The van der Waals surface area contributed by atoms with Crippen molar-refractivity contribution in [3.63, 3.8) is 0 Å². The fourth-order valence-electron chi connectivity index (χ4n) is 2.20. The lowest BCUT2D eigenvalue weighted by Crippen LogP contribution is -2.42. The standard InChI is InChI=1S/C15H23N3OS/c1-5-18(9-10(2)3)15(19)17-13(12-6-7-12)14-16-8-11(4)20-14/h8,12-13H,2,5-7,9H2,1,3-4H3,(H,17,19). The van der Waals surface area contributed by atoms with Crippen molar-refractivity contribution in [2.75, 3.05) is 13.1 Å². The summed E-state index contributed by atoms with van der Waals surface area (Å²) in [7, 11) is 0. The van der Waals surface area contributed by atoms with Crippen LogP contribution in [0.15, 0.2) is 18.3 Å². The van der Waals surface area contributed by atoms with Gasteiger partial charge in [0.25, 0.3) is 0 Å². The van der Waals surface area contributed by atoms with Gasteiger partial charge in [-0.25, -0.2) is 9.78 Å². The summed E-state index contributed by atoms with van der Waals surface area (Å²) in [6, 6.07) is 0.0561. The second kappa shape index (κ2) is 6.39. The summed E-state index contributed by atoms with van der Waals surface area (Å²) in [5.74, 6) is 0.549. The van der Waals surface area contributed by atoms with Crippen molar-refractivity contribution in [3.05, 3.63) is 28.2 Å². The van der Waals surface area contributed by atoms with E-state index >= 15 is 0 Å². The Balaban J connectivity index is 2.04. The first-order valence-corrected chi connectivity index (χ1v) is 7.95. The number of hydrogen-bond donors (Lipinski definition) is 1. The van der Waals surface area contributed by atoms with E-state index in [4.69, 9.17) is 0 Å². The maximum Gasteiger partial charge on any atom is 0.318 e. The highest BCUT2D eigenvalue weighted by Crippen LogP contribution is 2.42.